The first kappa shape index (κ1) is 22.1. The normalized spacial score (nSPS) is 12.5. The van der Waals surface area contributed by atoms with Gasteiger partial charge in [0.1, 0.15) is 0 Å². The summed E-state index contributed by atoms with van der Waals surface area (Å²) in [4.78, 5) is 23.6. The van der Waals surface area contributed by atoms with Gasteiger partial charge in [-0.15, -0.1) is 0 Å². The van der Waals surface area contributed by atoms with E-state index in [0.717, 1.165) is 24.3 Å². The molecule has 0 aromatic heterocycles. The minimum absolute atomic E-state index is 0.117. The van der Waals surface area contributed by atoms with Gasteiger partial charge in [-0.1, -0.05) is 23.2 Å². The molecule has 0 bridgehead atoms. The number of ether oxygens (including phenoxy) is 1. The Bertz CT molecular complexity index is 997. The van der Waals surface area contributed by atoms with Crippen LogP contribution in [0.25, 0.3) is 0 Å². The second-order valence-electron chi connectivity index (χ2n) is 5.49. The molecule has 28 heavy (non-hydrogen) atoms. The molecule has 6 nitrogen and oxygen atoms in total. The fraction of sp³-hybridized carbons (Fsp3) is 0.176. The number of carbonyl (C=O) groups is 2. The highest BCUT2D eigenvalue weighted by Gasteiger charge is 2.27. The van der Waals surface area contributed by atoms with E-state index < -0.39 is 38.5 Å². The third-order valence-electron chi connectivity index (χ3n) is 3.49. The summed E-state index contributed by atoms with van der Waals surface area (Å²) in [5.74, 6) is -5.21. The van der Waals surface area contributed by atoms with Crippen LogP contribution in [-0.4, -0.2) is 32.2 Å². The predicted octanol–water partition coefficient (Wildman–Crippen LogP) is 4.17. The average Bonchev–Trinajstić information content (AvgIpc) is 2.64. The molecule has 2 aromatic rings. The Morgan fingerprint density at radius 3 is 2.25 bits per heavy atom. The molecule has 2 aromatic carbocycles. The molecule has 0 saturated heterocycles. The second kappa shape index (κ2) is 8.85. The van der Waals surface area contributed by atoms with Gasteiger partial charge in [0.15, 0.2) is 6.10 Å². The first-order valence-electron chi connectivity index (χ1n) is 7.61. The number of sulfone groups is 1. The zero-order valence-corrected chi connectivity index (χ0v) is 16.5. The molecule has 0 aliphatic heterocycles. The Kier molecular flexibility index (Phi) is 6.97. The number of hydrogen-bond donors (Lipinski definition) is 1. The van der Waals surface area contributed by atoms with Crippen LogP contribution in [0.5, 0.6) is 0 Å². The van der Waals surface area contributed by atoms with Gasteiger partial charge in [-0.25, -0.2) is 13.2 Å². The number of halogens is 4. The quantitative estimate of drug-likeness (QED) is 0.665. The number of rotatable bonds is 6. The molecule has 11 heteroatoms. The molecule has 0 radical (unpaired) electrons. The molecule has 0 spiro atoms. The lowest BCUT2D eigenvalue weighted by molar-refractivity contribution is -0.123. The van der Waals surface area contributed by atoms with E-state index >= 15 is 0 Å². The first-order valence-corrected chi connectivity index (χ1v) is 9.91. The predicted molar refractivity (Wildman–Crippen MR) is 99.6 cm³/mol. The van der Waals surface area contributed by atoms with Gasteiger partial charge < -0.3 is 10.1 Å². The van der Waals surface area contributed by atoms with E-state index in [9.17, 15) is 26.8 Å². The highest BCUT2D eigenvalue weighted by molar-refractivity contribution is 7.91. The Labute approximate surface area is 169 Å². The molecule has 1 atom stereocenters. The van der Waals surface area contributed by atoms with Gasteiger partial charge in [-0.2, -0.15) is 8.78 Å². The van der Waals surface area contributed by atoms with E-state index in [-0.39, 0.29) is 16.3 Å². The van der Waals surface area contributed by atoms with Crippen molar-refractivity contribution in [2.45, 2.75) is 23.7 Å². The summed E-state index contributed by atoms with van der Waals surface area (Å²) in [6, 6.07) is 8.15. The van der Waals surface area contributed by atoms with Crippen molar-refractivity contribution in [3.63, 3.8) is 0 Å². The van der Waals surface area contributed by atoms with Gasteiger partial charge in [0.25, 0.3) is 5.91 Å². The third kappa shape index (κ3) is 5.18. The number of hydrogen-bond acceptors (Lipinski definition) is 5. The number of esters is 1. The van der Waals surface area contributed by atoms with Crippen LogP contribution in [0.15, 0.2) is 47.4 Å². The van der Waals surface area contributed by atoms with Crippen molar-refractivity contribution in [2.75, 3.05) is 5.32 Å². The van der Waals surface area contributed by atoms with Gasteiger partial charge in [0, 0.05) is 5.02 Å². The van der Waals surface area contributed by atoms with Gasteiger partial charge in [-0.05, 0) is 49.4 Å². The van der Waals surface area contributed by atoms with Crippen molar-refractivity contribution in [2.24, 2.45) is 0 Å². The molecule has 1 unspecified atom stereocenters. The number of benzene rings is 2. The van der Waals surface area contributed by atoms with E-state index in [1.54, 1.807) is 0 Å². The van der Waals surface area contributed by atoms with Crippen molar-refractivity contribution in [1.29, 1.82) is 0 Å². The molecule has 0 aliphatic rings. The maximum Gasteiger partial charge on any atom is 0.341 e. The van der Waals surface area contributed by atoms with Crippen molar-refractivity contribution >= 4 is 50.6 Å². The van der Waals surface area contributed by atoms with E-state index in [0.29, 0.717) is 5.02 Å². The van der Waals surface area contributed by atoms with Crippen LogP contribution in [0.4, 0.5) is 14.5 Å². The minimum Gasteiger partial charge on any atom is -0.449 e. The van der Waals surface area contributed by atoms with Crippen molar-refractivity contribution in [3.05, 3.63) is 58.1 Å². The Morgan fingerprint density at radius 2 is 1.68 bits per heavy atom. The lowest BCUT2D eigenvalue weighted by atomic mass is 10.2. The molecule has 1 N–H and O–H groups in total. The Morgan fingerprint density at radius 1 is 1.07 bits per heavy atom. The molecular formula is C17H13Cl2F2NO5S. The summed E-state index contributed by atoms with van der Waals surface area (Å²) in [7, 11) is -4.77. The summed E-state index contributed by atoms with van der Waals surface area (Å²) < 4.78 is 52.7. The number of amides is 1. The highest BCUT2D eigenvalue weighted by atomic mass is 35.5. The van der Waals surface area contributed by atoms with Crippen molar-refractivity contribution in [3.8, 4) is 0 Å². The molecule has 0 aliphatic carbocycles. The molecule has 150 valence electrons. The van der Waals surface area contributed by atoms with Gasteiger partial charge in [0.05, 0.1) is 21.2 Å². The van der Waals surface area contributed by atoms with Crippen LogP contribution in [0.1, 0.15) is 17.3 Å². The third-order valence-corrected chi connectivity index (χ3v) is 5.46. The Hall–Kier alpha value is -2.23. The molecule has 0 saturated carbocycles. The van der Waals surface area contributed by atoms with Gasteiger partial charge in [0.2, 0.25) is 9.84 Å². The minimum atomic E-state index is -4.77. The van der Waals surface area contributed by atoms with Crippen LogP contribution in [0.2, 0.25) is 10.0 Å². The monoisotopic (exact) mass is 451 g/mol. The second-order valence-corrected chi connectivity index (χ2v) is 8.25. The summed E-state index contributed by atoms with van der Waals surface area (Å²) in [6.07, 6.45) is -1.23. The summed E-state index contributed by atoms with van der Waals surface area (Å²) >= 11 is 11.8. The Balaban J connectivity index is 2.05. The average molecular weight is 452 g/mol. The number of carbonyl (C=O) groups excluding carboxylic acids is 2. The van der Waals surface area contributed by atoms with Gasteiger partial charge in [-0.3, -0.25) is 4.79 Å². The number of nitrogens with one attached hydrogen (secondary N) is 1. The smallest absolute Gasteiger partial charge is 0.341 e. The standard InChI is InChI=1S/C17H13Cl2F2NO5S/c1-9(15(23)22-14-8-11(18)4-7-13(14)19)27-16(24)10-2-5-12(6-3-10)28(25,26)17(20)21/h2-9,17H,1H3,(H,22,23). The molecular weight excluding hydrogens is 439 g/mol. The number of anilines is 1. The number of alkyl halides is 2. The lowest BCUT2D eigenvalue weighted by Gasteiger charge is -2.14. The topological polar surface area (TPSA) is 89.5 Å². The van der Waals surface area contributed by atoms with Crippen molar-refractivity contribution in [1.82, 2.24) is 0 Å². The fourth-order valence-electron chi connectivity index (χ4n) is 1.99. The van der Waals surface area contributed by atoms with E-state index in [1.807, 2.05) is 0 Å². The molecule has 0 fully saturated rings. The van der Waals surface area contributed by atoms with Crippen LogP contribution in [-0.2, 0) is 19.4 Å². The maximum absolute atomic E-state index is 12.5. The fourth-order valence-corrected chi connectivity index (χ4v) is 3.05. The SMILES string of the molecule is CC(OC(=O)c1ccc(S(=O)(=O)C(F)F)cc1)C(=O)Nc1cc(Cl)ccc1Cl. The van der Waals surface area contributed by atoms with Crippen LogP contribution in [0.3, 0.4) is 0 Å². The maximum atomic E-state index is 12.5. The lowest BCUT2D eigenvalue weighted by Crippen LogP contribution is -2.30. The molecule has 2 rings (SSSR count). The van der Waals surface area contributed by atoms with Crippen LogP contribution < -0.4 is 5.32 Å². The first-order chi connectivity index (χ1) is 13.0. The van der Waals surface area contributed by atoms with Gasteiger partial charge >= 0.3 is 11.7 Å². The highest BCUT2D eigenvalue weighted by Crippen LogP contribution is 2.25. The largest absolute Gasteiger partial charge is 0.449 e. The zero-order valence-electron chi connectivity index (χ0n) is 14.2. The van der Waals surface area contributed by atoms with E-state index in [4.69, 9.17) is 27.9 Å². The summed E-state index contributed by atoms with van der Waals surface area (Å²) in [5, 5.41) is 3.02. The van der Waals surface area contributed by atoms with Crippen LogP contribution >= 0.6 is 23.2 Å². The summed E-state index contributed by atoms with van der Waals surface area (Å²) in [6.45, 7) is 1.31. The molecule has 1 amide bonds. The van der Waals surface area contributed by atoms with Crippen LogP contribution in [0, 0.1) is 0 Å². The molecule has 0 heterocycles. The van der Waals surface area contributed by atoms with E-state index in [1.165, 1.54) is 25.1 Å². The summed E-state index contributed by atoms with van der Waals surface area (Å²) in [5.41, 5.74) is 0.109. The van der Waals surface area contributed by atoms with E-state index in [2.05, 4.69) is 5.32 Å². The zero-order chi connectivity index (χ0) is 21.1. The van der Waals surface area contributed by atoms with Crippen molar-refractivity contribution < 1.29 is 31.5 Å².